The zero-order chi connectivity index (χ0) is 22.7. The predicted octanol–water partition coefficient (Wildman–Crippen LogP) is 2.81. The van der Waals surface area contributed by atoms with E-state index in [4.69, 9.17) is 4.74 Å². The van der Waals surface area contributed by atoms with E-state index in [9.17, 15) is 18.8 Å². The van der Waals surface area contributed by atoms with Crippen molar-refractivity contribution in [2.45, 2.75) is 19.4 Å². The summed E-state index contributed by atoms with van der Waals surface area (Å²) in [6.07, 6.45) is 0.620. The third-order valence-corrected chi connectivity index (χ3v) is 6.23. The number of ether oxygens (including phenoxy) is 1. The molecule has 0 N–H and O–H groups in total. The first-order valence-electron chi connectivity index (χ1n) is 11.0. The molecule has 168 valence electrons. The van der Waals surface area contributed by atoms with Gasteiger partial charge in [-0.3, -0.25) is 19.3 Å². The maximum Gasteiger partial charge on any atom is 0.291 e. The van der Waals surface area contributed by atoms with Crippen molar-refractivity contribution in [1.82, 2.24) is 9.80 Å². The molecule has 0 bridgehead atoms. The van der Waals surface area contributed by atoms with Crippen LogP contribution >= 0.6 is 0 Å². The highest BCUT2D eigenvalue weighted by Crippen LogP contribution is 2.39. The van der Waals surface area contributed by atoms with Gasteiger partial charge in [-0.1, -0.05) is 48.0 Å². The second kappa shape index (κ2) is 9.71. The summed E-state index contributed by atoms with van der Waals surface area (Å²) in [6.45, 7) is 5.89. The predicted molar refractivity (Wildman–Crippen MR) is 117 cm³/mol. The summed E-state index contributed by atoms with van der Waals surface area (Å²) >= 11 is 0. The standard InChI is InChI=1S/C25H27FN2O4/c1-17-7-9-18(10-8-17)23(29)21-22(19-5-2-3-6-20(19)26)28(25(31)24(21)30)12-4-11-27-13-15-32-16-14-27/h2-3,5-10,21-22H,4,11-16H2,1H3. The number of halogens is 1. The van der Waals surface area contributed by atoms with Crippen LogP contribution in [0.25, 0.3) is 0 Å². The number of benzene rings is 2. The number of aryl methyl sites for hydroxylation is 1. The van der Waals surface area contributed by atoms with Gasteiger partial charge < -0.3 is 9.64 Å². The van der Waals surface area contributed by atoms with Crippen molar-refractivity contribution in [1.29, 1.82) is 0 Å². The van der Waals surface area contributed by atoms with E-state index in [-0.39, 0.29) is 12.1 Å². The summed E-state index contributed by atoms with van der Waals surface area (Å²) in [4.78, 5) is 42.9. The lowest BCUT2D eigenvalue weighted by atomic mass is 9.86. The fraction of sp³-hybridized carbons (Fsp3) is 0.400. The van der Waals surface area contributed by atoms with Gasteiger partial charge in [0.15, 0.2) is 5.78 Å². The van der Waals surface area contributed by atoms with E-state index in [0.29, 0.717) is 25.2 Å². The molecule has 1 amide bonds. The summed E-state index contributed by atoms with van der Waals surface area (Å²) in [5, 5.41) is 0. The maximum absolute atomic E-state index is 14.8. The molecule has 2 fully saturated rings. The molecule has 0 aromatic heterocycles. The molecule has 2 unspecified atom stereocenters. The van der Waals surface area contributed by atoms with E-state index in [0.717, 1.165) is 25.2 Å². The molecule has 4 rings (SSSR count). The lowest BCUT2D eigenvalue weighted by molar-refractivity contribution is -0.140. The average molecular weight is 438 g/mol. The zero-order valence-corrected chi connectivity index (χ0v) is 18.1. The van der Waals surface area contributed by atoms with E-state index < -0.39 is 35.3 Å². The van der Waals surface area contributed by atoms with Crippen LogP contribution in [0.4, 0.5) is 4.39 Å². The number of nitrogens with zero attached hydrogens (tertiary/aromatic N) is 2. The molecule has 6 nitrogen and oxygen atoms in total. The van der Waals surface area contributed by atoms with Gasteiger partial charge in [0.25, 0.3) is 5.91 Å². The maximum atomic E-state index is 14.8. The minimum Gasteiger partial charge on any atom is -0.379 e. The van der Waals surface area contributed by atoms with Crippen LogP contribution in [0.2, 0.25) is 0 Å². The van der Waals surface area contributed by atoms with E-state index in [1.54, 1.807) is 42.5 Å². The van der Waals surface area contributed by atoms with Crippen LogP contribution in [0.3, 0.4) is 0 Å². The lowest BCUT2D eigenvalue weighted by Crippen LogP contribution is -2.39. The van der Waals surface area contributed by atoms with Gasteiger partial charge in [-0.2, -0.15) is 0 Å². The molecular weight excluding hydrogens is 411 g/mol. The number of carbonyl (C=O) groups excluding carboxylic acids is 3. The summed E-state index contributed by atoms with van der Waals surface area (Å²) in [7, 11) is 0. The number of ketones is 2. The molecule has 2 aliphatic heterocycles. The summed E-state index contributed by atoms with van der Waals surface area (Å²) in [5.74, 6) is -3.72. The Morgan fingerprint density at radius 1 is 1.03 bits per heavy atom. The average Bonchev–Trinajstić information content (AvgIpc) is 3.05. The van der Waals surface area contributed by atoms with Gasteiger partial charge in [-0.05, 0) is 19.4 Å². The monoisotopic (exact) mass is 438 g/mol. The van der Waals surface area contributed by atoms with E-state index in [2.05, 4.69) is 4.90 Å². The van der Waals surface area contributed by atoms with E-state index in [1.165, 1.54) is 11.0 Å². The second-order valence-corrected chi connectivity index (χ2v) is 8.34. The van der Waals surface area contributed by atoms with Crippen molar-refractivity contribution in [3.63, 3.8) is 0 Å². The highest BCUT2D eigenvalue weighted by atomic mass is 19.1. The first kappa shape index (κ1) is 22.3. The Morgan fingerprint density at radius 2 is 1.72 bits per heavy atom. The summed E-state index contributed by atoms with van der Waals surface area (Å²) < 4.78 is 20.1. The largest absolute Gasteiger partial charge is 0.379 e. The van der Waals surface area contributed by atoms with Gasteiger partial charge in [-0.25, -0.2) is 4.39 Å². The molecule has 7 heteroatoms. The molecule has 0 aliphatic carbocycles. The molecule has 2 aliphatic rings. The molecule has 2 aromatic carbocycles. The second-order valence-electron chi connectivity index (χ2n) is 8.34. The van der Waals surface area contributed by atoms with Crippen molar-refractivity contribution >= 4 is 17.5 Å². The topological polar surface area (TPSA) is 66.9 Å². The Bertz CT molecular complexity index is 1000. The number of morpholine rings is 1. The molecular formula is C25H27FN2O4. The smallest absolute Gasteiger partial charge is 0.291 e. The quantitative estimate of drug-likeness (QED) is 0.378. The number of rotatable bonds is 7. The van der Waals surface area contributed by atoms with Crippen LogP contribution in [0, 0.1) is 18.7 Å². The van der Waals surface area contributed by atoms with Gasteiger partial charge in [0.05, 0.1) is 19.3 Å². The van der Waals surface area contributed by atoms with Gasteiger partial charge in [0.1, 0.15) is 11.7 Å². The number of amides is 1. The SMILES string of the molecule is Cc1ccc(C(=O)C2C(=O)C(=O)N(CCCN3CCOCC3)C2c2ccccc2F)cc1. The first-order valence-corrected chi connectivity index (χ1v) is 11.0. The number of likely N-dealkylation sites (tertiary alicyclic amines) is 1. The van der Waals surface area contributed by atoms with Crippen molar-refractivity contribution in [3.05, 3.63) is 71.0 Å². The lowest BCUT2D eigenvalue weighted by Gasteiger charge is -2.30. The summed E-state index contributed by atoms with van der Waals surface area (Å²) in [6, 6.07) is 12.0. The third kappa shape index (κ3) is 4.49. The Labute approximate surface area is 187 Å². The van der Waals surface area contributed by atoms with Crippen LogP contribution in [-0.4, -0.2) is 66.7 Å². The highest BCUT2D eigenvalue weighted by Gasteiger charge is 2.52. The van der Waals surface area contributed by atoms with Gasteiger partial charge in [0, 0.05) is 37.3 Å². The minimum atomic E-state index is -1.26. The number of Topliss-reactive ketones (excluding diaryl/α,β-unsaturated/α-hetero) is 2. The number of carbonyl (C=O) groups is 3. The fourth-order valence-electron chi connectivity index (χ4n) is 4.48. The molecule has 0 saturated carbocycles. The van der Waals surface area contributed by atoms with Crippen LogP contribution < -0.4 is 0 Å². The van der Waals surface area contributed by atoms with Crippen LogP contribution in [-0.2, 0) is 14.3 Å². The molecule has 0 radical (unpaired) electrons. The Kier molecular flexibility index (Phi) is 6.77. The molecule has 2 atom stereocenters. The van der Waals surface area contributed by atoms with Gasteiger partial charge in [-0.15, -0.1) is 0 Å². The number of hydrogen-bond acceptors (Lipinski definition) is 5. The Balaban J connectivity index is 1.62. The first-order chi connectivity index (χ1) is 15.5. The van der Waals surface area contributed by atoms with Gasteiger partial charge >= 0.3 is 0 Å². The van der Waals surface area contributed by atoms with Crippen molar-refractivity contribution in [2.75, 3.05) is 39.4 Å². The highest BCUT2D eigenvalue weighted by molar-refractivity contribution is 6.44. The van der Waals surface area contributed by atoms with E-state index >= 15 is 0 Å². The van der Waals surface area contributed by atoms with Crippen LogP contribution in [0.5, 0.6) is 0 Å². The molecule has 2 saturated heterocycles. The third-order valence-electron chi connectivity index (χ3n) is 6.23. The molecule has 0 spiro atoms. The number of hydrogen-bond donors (Lipinski definition) is 0. The zero-order valence-electron chi connectivity index (χ0n) is 18.1. The van der Waals surface area contributed by atoms with Crippen LogP contribution in [0.1, 0.15) is 33.9 Å². The Morgan fingerprint density at radius 3 is 2.41 bits per heavy atom. The molecule has 32 heavy (non-hydrogen) atoms. The molecule has 2 aromatic rings. The summed E-state index contributed by atoms with van der Waals surface area (Å²) in [5.41, 5.74) is 1.52. The van der Waals surface area contributed by atoms with Crippen LogP contribution in [0.15, 0.2) is 48.5 Å². The van der Waals surface area contributed by atoms with E-state index in [1.807, 2.05) is 6.92 Å². The van der Waals surface area contributed by atoms with Crippen molar-refractivity contribution < 1.29 is 23.5 Å². The van der Waals surface area contributed by atoms with Crippen molar-refractivity contribution in [3.8, 4) is 0 Å². The van der Waals surface area contributed by atoms with Crippen molar-refractivity contribution in [2.24, 2.45) is 5.92 Å². The molecule has 2 heterocycles. The Hall–Kier alpha value is -2.90. The fourth-order valence-corrected chi connectivity index (χ4v) is 4.48. The van der Waals surface area contributed by atoms with Gasteiger partial charge in [0.2, 0.25) is 5.78 Å². The minimum absolute atomic E-state index is 0.198. The normalized spacial score (nSPS) is 21.9.